The third kappa shape index (κ3) is 5.01. The maximum atomic E-state index is 11.6. The summed E-state index contributed by atoms with van der Waals surface area (Å²) in [6.07, 6.45) is 1.92. The summed E-state index contributed by atoms with van der Waals surface area (Å²) in [6.45, 7) is 5.23. The number of hydrogen-bond acceptors (Lipinski definition) is 3. The van der Waals surface area contributed by atoms with E-state index >= 15 is 0 Å². The van der Waals surface area contributed by atoms with E-state index in [1.807, 2.05) is 22.9 Å². The molecule has 0 radical (unpaired) electrons. The van der Waals surface area contributed by atoms with Crippen LogP contribution in [0.3, 0.4) is 0 Å². The monoisotopic (exact) mass is 239 g/mol. The highest BCUT2D eigenvalue weighted by molar-refractivity contribution is 5.75. The largest absolute Gasteiger partial charge is 0.383 e. The Labute approximate surface area is 102 Å². The quantitative estimate of drug-likeness (QED) is 0.644. The van der Waals surface area contributed by atoms with E-state index in [1.165, 1.54) is 0 Å². The van der Waals surface area contributed by atoms with Crippen molar-refractivity contribution in [3.8, 4) is 0 Å². The molecule has 1 aromatic rings. The molecule has 0 atom stereocenters. The second kappa shape index (κ2) is 7.86. The first-order valence-electron chi connectivity index (χ1n) is 5.88. The van der Waals surface area contributed by atoms with E-state index < -0.39 is 0 Å². The number of nitrogens with one attached hydrogen (secondary N) is 2. The summed E-state index contributed by atoms with van der Waals surface area (Å²) in [5.41, 5.74) is 1.12. The summed E-state index contributed by atoms with van der Waals surface area (Å²) in [7, 11) is 1.62. The first-order chi connectivity index (χ1) is 8.27. The van der Waals surface area contributed by atoms with Gasteiger partial charge in [-0.15, -0.1) is 0 Å². The van der Waals surface area contributed by atoms with Gasteiger partial charge in [0.2, 0.25) is 5.91 Å². The van der Waals surface area contributed by atoms with Crippen molar-refractivity contribution in [3.63, 3.8) is 0 Å². The third-order valence-corrected chi connectivity index (χ3v) is 2.42. The van der Waals surface area contributed by atoms with Crippen molar-refractivity contribution in [1.29, 1.82) is 0 Å². The first kappa shape index (κ1) is 13.7. The predicted octanol–water partition coefficient (Wildman–Crippen LogP) is 0.360. The van der Waals surface area contributed by atoms with Gasteiger partial charge in [0.1, 0.15) is 6.54 Å². The Bertz CT molecular complexity index is 336. The molecule has 0 bridgehead atoms. The summed E-state index contributed by atoms with van der Waals surface area (Å²) >= 11 is 0. The van der Waals surface area contributed by atoms with Crippen LogP contribution in [0.4, 0.5) is 0 Å². The van der Waals surface area contributed by atoms with Gasteiger partial charge in [0, 0.05) is 32.1 Å². The fourth-order valence-corrected chi connectivity index (χ4v) is 1.52. The summed E-state index contributed by atoms with van der Waals surface area (Å²) in [5, 5.41) is 6.04. The van der Waals surface area contributed by atoms with Crippen molar-refractivity contribution in [1.82, 2.24) is 15.2 Å². The summed E-state index contributed by atoms with van der Waals surface area (Å²) in [6, 6.07) is 3.97. The second-order valence-electron chi connectivity index (χ2n) is 3.75. The summed E-state index contributed by atoms with van der Waals surface area (Å²) in [4.78, 5) is 11.6. The fourth-order valence-electron chi connectivity index (χ4n) is 1.52. The number of aromatic nitrogens is 1. The molecule has 0 fully saturated rings. The molecule has 1 aromatic heterocycles. The molecule has 0 saturated heterocycles. The molecule has 0 saturated carbocycles. The molecule has 5 heteroatoms. The highest BCUT2D eigenvalue weighted by Gasteiger charge is 2.05. The Hall–Kier alpha value is -1.33. The molecule has 5 nitrogen and oxygen atoms in total. The van der Waals surface area contributed by atoms with Gasteiger partial charge in [-0.1, -0.05) is 6.92 Å². The average Bonchev–Trinajstić information content (AvgIpc) is 2.74. The number of carbonyl (C=O) groups excluding carboxylic acids is 1. The molecule has 0 aliphatic rings. The van der Waals surface area contributed by atoms with Crippen LogP contribution in [0, 0.1) is 0 Å². The smallest absolute Gasteiger partial charge is 0.240 e. The Balaban J connectivity index is 2.39. The van der Waals surface area contributed by atoms with Crippen LogP contribution >= 0.6 is 0 Å². The van der Waals surface area contributed by atoms with Crippen molar-refractivity contribution in [3.05, 3.63) is 24.0 Å². The van der Waals surface area contributed by atoms with E-state index in [0.717, 1.165) is 18.8 Å². The Morgan fingerprint density at radius 3 is 3.06 bits per heavy atom. The Morgan fingerprint density at radius 1 is 1.53 bits per heavy atom. The van der Waals surface area contributed by atoms with Gasteiger partial charge in [0.25, 0.3) is 0 Å². The zero-order valence-corrected chi connectivity index (χ0v) is 10.5. The number of hydrogen-bond donors (Lipinski definition) is 2. The van der Waals surface area contributed by atoms with Crippen molar-refractivity contribution in [2.75, 3.05) is 26.8 Å². The van der Waals surface area contributed by atoms with E-state index in [2.05, 4.69) is 17.6 Å². The van der Waals surface area contributed by atoms with E-state index in [4.69, 9.17) is 4.74 Å². The molecule has 0 aliphatic carbocycles. The second-order valence-corrected chi connectivity index (χ2v) is 3.75. The molecular weight excluding hydrogens is 218 g/mol. The molecule has 1 rings (SSSR count). The molecule has 0 unspecified atom stereocenters. The fraction of sp³-hybridized carbons (Fsp3) is 0.583. The van der Waals surface area contributed by atoms with Crippen molar-refractivity contribution < 1.29 is 9.53 Å². The zero-order chi connectivity index (χ0) is 12.5. The number of ether oxygens (including phenoxy) is 1. The van der Waals surface area contributed by atoms with Gasteiger partial charge in [0.05, 0.1) is 6.61 Å². The predicted molar refractivity (Wildman–Crippen MR) is 66.7 cm³/mol. The number of methoxy groups -OCH3 is 1. The zero-order valence-electron chi connectivity index (χ0n) is 10.5. The lowest BCUT2D eigenvalue weighted by Crippen LogP contribution is -2.31. The minimum Gasteiger partial charge on any atom is -0.383 e. The van der Waals surface area contributed by atoms with E-state index in [0.29, 0.717) is 19.7 Å². The lowest BCUT2D eigenvalue weighted by atomic mass is 10.4. The van der Waals surface area contributed by atoms with Crippen LogP contribution in [0.1, 0.15) is 12.6 Å². The summed E-state index contributed by atoms with van der Waals surface area (Å²) in [5.74, 6) is 0.0102. The molecule has 96 valence electrons. The highest BCUT2D eigenvalue weighted by atomic mass is 16.5. The SMILES string of the molecule is CCNCc1cccn1CC(=O)NCCOC. The normalized spacial score (nSPS) is 10.5. The summed E-state index contributed by atoms with van der Waals surface area (Å²) < 4.78 is 6.82. The van der Waals surface area contributed by atoms with Crippen LogP contribution in [0.2, 0.25) is 0 Å². The van der Waals surface area contributed by atoms with Crippen LogP contribution < -0.4 is 10.6 Å². The number of amides is 1. The van der Waals surface area contributed by atoms with Crippen LogP contribution in [0.25, 0.3) is 0 Å². The minimum atomic E-state index is 0.0102. The Morgan fingerprint density at radius 2 is 2.35 bits per heavy atom. The topological polar surface area (TPSA) is 55.3 Å². The van der Waals surface area contributed by atoms with Crippen molar-refractivity contribution in [2.24, 2.45) is 0 Å². The van der Waals surface area contributed by atoms with Gasteiger partial charge in [-0.05, 0) is 18.7 Å². The van der Waals surface area contributed by atoms with Gasteiger partial charge in [-0.3, -0.25) is 4.79 Å². The van der Waals surface area contributed by atoms with Gasteiger partial charge < -0.3 is 19.9 Å². The maximum Gasteiger partial charge on any atom is 0.240 e. The average molecular weight is 239 g/mol. The lowest BCUT2D eigenvalue weighted by Gasteiger charge is -2.10. The van der Waals surface area contributed by atoms with Crippen LogP contribution in [0.5, 0.6) is 0 Å². The van der Waals surface area contributed by atoms with Crippen LogP contribution in [-0.4, -0.2) is 37.3 Å². The third-order valence-electron chi connectivity index (χ3n) is 2.42. The highest BCUT2D eigenvalue weighted by Crippen LogP contribution is 2.01. The van der Waals surface area contributed by atoms with Crippen molar-refractivity contribution >= 4 is 5.91 Å². The van der Waals surface area contributed by atoms with E-state index in [-0.39, 0.29) is 5.91 Å². The van der Waals surface area contributed by atoms with Gasteiger partial charge in [-0.25, -0.2) is 0 Å². The molecule has 2 N–H and O–H groups in total. The van der Waals surface area contributed by atoms with Gasteiger partial charge >= 0.3 is 0 Å². The first-order valence-corrected chi connectivity index (χ1v) is 5.88. The Kier molecular flexibility index (Phi) is 6.35. The van der Waals surface area contributed by atoms with Gasteiger partial charge in [0.15, 0.2) is 0 Å². The number of rotatable bonds is 8. The minimum absolute atomic E-state index is 0.0102. The molecular formula is C12H21N3O2. The van der Waals surface area contributed by atoms with E-state index in [1.54, 1.807) is 7.11 Å². The number of carbonyl (C=O) groups is 1. The maximum absolute atomic E-state index is 11.6. The standard InChI is InChI=1S/C12H21N3O2/c1-3-13-9-11-5-4-7-15(11)10-12(16)14-6-8-17-2/h4-5,7,13H,3,6,8-10H2,1-2H3,(H,14,16). The number of nitrogens with zero attached hydrogens (tertiary/aromatic N) is 1. The van der Waals surface area contributed by atoms with Crippen LogP contribution in [0.15, 0.2) is 18.3 Å². The molecule has 1 amide bonds. The molecule has 0 aromatic carbocycles. The van der Waals surface area contributed by atoms with Crippen LogP contribution in [-0.2, 0) is 22.6 Å². The molecule has 0 spiro atoms. The molecule has 17 heavy (non-hydrogen) atoms. The van der Waals surface area contributed by atoms with E-state index in [9.17, 15) is 4.79 Å². The molecule has 1 heterocycles. The van der Waals surface area contributed by atoms with Gasteiger partial charge in [-0.2, -0.15) is 0 Å². The lowest BCUT2D eigenvalue weighted by molar-refractivity contribution is -0.121. The van der Waals surface area contributed by atoms with Crippen molar-refractivity contribution in [2.45, 2.75) is 20.0 Å². The molecule has 0 aliphatic heterocycles.